The van der Waals surface area contributed by atoms with Crippen molar-refractivity contribution < 1.29 is 42.1 Å². The zero-order valence-corrected chi connectivity index (χ0v) is 64.4. The molecule has 0 N–H and O–H groups in total. The molecule has 0 rings (SSSR count). The van der Waals surface area contributed by atoms with Crippen LogP contribution in [0.15, 0.2) is 243 Å². The van der Waals surface area contributed by atoms with E-state index in [4.69, 9.17) is 18.5 Å². The minimum absolute atomic E-state index is 0.0485. The lowest BCUT2D eigenvalue weighted by atomic mass is 10.1. The molecule has 0 spiro atoms. The van der Waals surface area contributed by atoms with Gasteiger partial charge >= 0.3 is 11.9 Å². The smallest absolute Gasteiger partial charge is 0.306 e. The van der Waals surface area contributed by atoms with Gasteiger partial charge in [-0.2, -0.15) is 0 Å². The van der Waals surface area contributed by atoms with Gasteiger partial charge in [0.05, 0.1) is 27.7 Å². The highest BCUT2D eigenvalue weighted by Gasteiger charge is 2.22. The Hall–Kier alpha value is -6.19. The molecule has 9 nitrogen and oxygen atoms in total. The molecule has 10 heteroatoms. The molecule has 0 amide bonds. The lowest BCUT2D eigenvalue weighted by Gasteiger charge is -2.28. The Bertz CT molecular complexity index is 2600. The first-order chi connectivity index (χ1) is 49.0. The number of rotatable bonds is 68. The van der Waals surface area contributed by atoms with Gasteiger partial charge in [0.2, 0.25) is 0 Å². The third-order valence-corrected chi connectivity index (χ3v) is 16.3. The monoisotopic (exact) mass is 1390 g/mol. The highest BCUT2D eigenvalue weighted by molar-refractivity contribution is 7.45. The second-order valence-corrected chi connectivity index (χ2v) is 27.3. The number of esters is 2. The Morgan fingerprint density at radius 3 is 0.800 bits per heavy atom. The summed E-state index contributed by atoms with van der Waals surface area (Å²) in [4.78, 5) is 38.2. The van der Waals surface area contributed by atoms with Gasteiger partial charge in [-0.1, -0.05) is 321 Å². The maximum atomic E-state index is 12.9. The number of allylic oxidation sites excluding steroid dienone is 40. The quantitative estimate of drug-likeness (QED) is 0.0195. The van der Waals surface area contributed by atoms with Crippen LogP contribution in [0.25, 0.3) is 0 Å². The number of quaternary nitrogens is 1. The minimum atomic E-state index is -4.67. The summed E-state index contributed by atoms with van der Waals surface area (Å²) in [6, 6.07) is 0. The van der Waals surface area contributed by atoms with Crippen molar-refractivity contribution in [2.75, 3.05) is 47.5 Å². The van der Waals surface area contributed by atoms with E-state index in [1.807, 2.05) is 21.1 Å². The van der Waals surface area contributed by atoms with Crippen LogP contribution in [0.5, 0.6) is 0 Å². The fraction of sp³-hybridized carbons (Fsp3) is 0.533. The maximum absolute atomic E-state index is 12.9. The number of unbranched alkanes of at least 4 members (excludes halogenated alkanes) is 14. The predicted molar refractivity (Wildman–Crippen MR) is 433 cm³/mol. The van der Waals surface area contributed by atoms with Gasteiger partial charge in [-0.05, 0) is 167 Å². The average molecular weight is 1400 g/mol. The van der Waals surface area contributed by atoms with E-state index in [1.54, 1.807) is 0 Å². The summed E-state index contributed by atoms with van der Waals surface area (Å²) in [7, 11) is 1.12. The van der Waals surface area contributed by atoms with Crippen LogP contribution in [-0.2, 0) is 32.7 Å². The van der Waals surface area contributed by atoms with Crippen molar-refractivity contribution >= 4 is 19.8 Å². The number of carbonyl (C=O) groups excluding carboxylic acids is 2. The number of hydrogen-bond donors (Lipinski definition) is 0. The van der Waals surface area contributed by atoms with Gasteiger partial charge in [-0.3, -0.25) is 14.2 Å². The van der Waals surface area contributed by atoms with Crippen molar-refractivity contribution in [1.82, 2.24) is 0 Å². The SMILES string of the molecule is CC/C=C\C/C=C\C/C=C\C/C=C\C/C=C\C/C=C\C/C=C\C/C=C\C/C=C\C/C=C\CCCCCCCCCCC(=O)OC(COC(=O)CCCCCCCC/C=C\C/C=C\C/C=C\C/C=C\C/C=C\C/C=C\C/C=C\C/C=C\C/C=C\C/C=C\CC)COP(=O)([O-])OCC[N+](C)(C)C. The first kappa shape index (κ1) is 93.8. The van der Waals surface area contributed by atoms with E-state index in [0.29, 0.717) is 23.9 Å². The fourth-order valence-electron chi connectivity index (χ4n) is 9.54. The second kappa shape index (κ2) is 77.0. The molecule has 0 aromatic heterocycles. The lowest BCUT2D eigenvalue weighted by Crippen LogP contribution is -2.37. The molecule has 0 aromatic carbocycles. The third-order valence-electron chi connectivity index (χ3n) is 15.4. The predicted octanol–water partition coefficient (Wildman–Crippen LogP) is 25.6. The van der Waals surface area contributed by atoms with Crippen LogP contribution in [0.2, 0.25) is 0 Å². The average Bonchev–Trinajstić information content (AvgIpc) is 1.07. The fourth-order valence-corrected chi connectivity index (χ4v) is 10.3. The molecule has 2 atom stereocenters. The van der Waals surface area contributed by atoms with Crippen molar-refractivity contribution in [2.24, 2.45) is 0 Å². The summed E-state index contributed by atoms with van der Waals surface area (Å²) in [6.07, 6.45) is 125. The summed E-state index contributed by atoms with van der Waals surface area (Å²) < 4.78 is 34.3. The molecule has 558 valence electrons. The van der Waals surface area contributed by atoms with Crippen molar-refractivity contribution in [3.05, 3.63) is 243 Å². The molecule has 0 heterocycles. The van der Waals surface area contributed by atoms with Crippen molar-refractivity contribution in [1.29, 1.82) is 0 Å². The standard InChI is InChI=1S/C90H140NO8P/c1-6-8-10-12-14-16-18-20-22-24-26-28-30-32-34-36-38-40-42-44-45-47-49-51-53-55-57-59-61-63-65-67-69-71-73-75-77-79-81-83-90(93)99-88(87-98-100(94,95)97-85-84-91(3,4)5)86-96-89(92)82-80-78-76-74-72-70-68-66-64-62-60-58-56-54-52-50-48-46-43-41-39-37-35-33-31-29-27-25-23-21-19-17-15-13-11-9-7-2/h8-11,14-17,20-23,26-29,32-35,38-41,44-46,48-49,51-52,54-55,57-58,60-61,63-64,66,88H,6-7,12-13,18-19,24-25,30-31,36-37,42-43,47,50,53,56,59,62,65,67-87H2,1-5H3/b10-8-,11-9-,16-14-,17-15-,22-20-,23-21-,28-26-,29-27-,34-32-,35-33-,40-38-,41-39-,45-44-,48-46-,51-49-,54-52-,57-55-,60-58-,63-61-,66-64-. The lowest BCUT2D eigenvalue weighted by molar-refractivity contribution is -0.870. The van der Waals surface area contributed by atoms with Crippen molar-refractivity contribution in [3.63, 3.8) is 0 Å². The van der Waals surface area contributed by atoms with Gasteiger partial charge in [0.15, 0.2) is 6.10 Å². The van der Waals surface area contributed by atoms with E-state index in [1.165, 1.54) is 25.7 Å². The summed E-state index contributed by atoms with van der Waals surface area (Å²) >= 11 is 0. The van der Waals surface area contributed by atoms with Gasteiger partial charge in [-0.15, -0.1) is 0 Å². The maximum Gasteiger partial charge on any atom is 0.306 e. The van der Waals surface area contributed by atoms with Crippen LogP contribution in [0.4, 0.5) is 0 Å². The Balaban J connectivity index is 4.18. The number of likely N-dealkylation sites (N-methyl/N-ethyl adjacent to an activating group) is 1. The van der Waals surface area contributed by atoms with Crippen LogP contribution in [-0.4, -0.2) is 70.0 Å². The Morgan fingerprint density at radius 1 is 0.310 bits per heavy atom. The third kappa shape index (κ3) is 80.8. The second-order valence-electron chi connectivity index (χ2n) is 25.9. The van der Waals surface area contributed by atoms with Gasteiger partial charge in [0.1, 0.15) is 19.8 Å². The largest absolute Gasteiger partial charge is 0.756 e. The topological polar surface area (TPSA) is 111 Å². The number of phosphoric acid groups is 1. The molecule has 0 bridgehead atoms. The zero-order chi connectivity index (χ0) is 72.5. The molecule has 0 saturated carbocycles. The summed E-state index contributed by atoms with van der Waals surface area (Å²) in [5.74, 6) is -0.878. The minimum Gasteiger partial charge on any atom is -0.756 e. The number of hydrogen-bond acceptors (Lipinski definition) is 8. The van der Waals surface area contributed by atoms with Crippen LogP contribution in [0.1, 0.15) is 258 Å². The number of phosphoric ester groups is 1. The first-order valence-corrected chi connectivity index (χ1v) is 40.2. The number of ether oxygens (including phenoxy) is 2. The Morgan fingerprint density at radius 2 is 0.540 bits per heavy atom. The molecular formula is C90H140NO8P. The van der Waals surface area contributed by atoms with E-state index >= 15 is 0 Å². The Kier molecular flexibility index (Phi) is 72.2. The summed E-state index contributed by atoms with van der Waals surface area (Å²) in [5, 5.41) is 0. The summed E-state index contributed by atoms with van der Waals surface area (Å²) in [6.45, 7) is 3.95. The normalized spacial score (nSPS) is 14.4. The Labute approximate surface area is 613 Å². The molecule has 0 aromatic rings. The zero-order valence-electron chi connectivity index (χ0n) is 63.5. The van der Waals surface area contributed by atoms with E-state index < -0.39 is 32.5 Å². The first-order valence-electron chi connectivity index (χ1n) is 38.7. The van der Waals surface area contributed by atoms with E-state index in [0.717, 1.165) is 193 Å². The highest BCUT2D eigenvalue weighted by atomic mass is 31.2. The van der Waals surface area contributed by atoms with Crippen molar-refractivity contribution in [2.45, 2.75) is 264 Å². The molecule has 0 aliphatic heterocycles. The van der Waals surface area contributed by atoms with Gasteiger partial charge in [0.25, 0.3) is 7.82 Å². The molecular weight excluding hydrogens is 1250 g/mol. The van der Waals surface area contributed by atoms with E-state index in [2.05, 4.69) is 257 Å². The molecule has 0 aliphatic carbocycles. The van der Waals surface area contributed by atoms with Crippen LogP contribution >= 0.6 is 7.82 Å². The highest BCUT2D eigenvalue weighted by Crippen LogP contribution is 2.38. The van der Waals surface area contributed by atoms with E-state index in [9.17, 15) is 19.0 Å². The summed E-state index contributed by atoms with van der Waals surface area (Å²) in [5.41, 5.74) is 0. The van der Waals surface area contributed by atoms with Crippen molar-refractivity contribution in [3.8, 4) is 0 Å². The van der Waals surface area contributed by atoms with E-state index in [-0.39, 0.29) is 26.1 Å². The van der Waals surface area contributed by atoms with Gasteiger partial charge in [-0.25, -0.2) is 0 Å². The van der Waals surface area contributed by atoms with Gasteiger partial charge < -0.3 is 27.9 Å². The molecule has 0 radical (unpaired) electrons. The number of nitrogens with zero attached hydrogens (tertiary/aromatic N) is 1. The van der Waals surface area contributed by atoms with Gasteiger partial charge in [0, 0.05) is 12.8 Å². The molecule has 0 saturated heterocycles. The molecule has 100 heavy (non-hydrogen) atoms. The number of carbonyl (C=O) groups is 2. The molecule has 0 fully saturated rings. The van der Waals surface area contributed by atoms with Crippen LogP contribution < -0.4 is 4.89 Å². The molecule has 0 aliphatic rings. The van der Waals surface area contributed by atoms with Crippen LogP contribution in [0, 0.1) is 0 Å². The van der Waals surface area contributed by atoms with Crippen LogP contribution in [0.3, 0.4) is 0 Å². The molecule has 2 unspecified atom stereocenters.